The molecule has 18 heavy (non-hydrogen) atoms. The molecule has 0 spiro atoms. The molecule has 1 saturated heterocycles. The van der Waals surface area contributed by atoms with Crippen molar-refractivity contribution in [2.45, 2.75) is 45.3 Å². The maximum atomic E-state index is 11.5. The highest BCUT2D eigenvalue weighted by Gasteiger charge is 2.24. The fraction of sp³-hybridized carbons (Fsp3) is 0.923. The summed E-state index contributed by atoms with van der Waals surface area (Å²) in [5, 5.41) is 2.75. The Bertz CT molecular complexity index is 276. The van der Waals surface area contributed by atoms with E-state index in [1.807, 2.05) is 20.8 Å². The molecular formula is C13H27N3O2. The number of nitrogens with zero attached hydrogens (tertiary/aromatic N) is 1. The molecule has 5 heteroatoms. The van der Waals surface area contributed by atoms with Crippen LogP contribution in [0.2, 0.25) is 0 Å². The van der Waals surface area contributed by atoms with Gasteiger partial charge in [-0.25, -0.2) is 4.79 Å². The number of alkyl carbamates (subject to hydrolysis) is 1. The van der Waals surface area contributed by atoms with Crippen LogP contribution in [0.4, 0.5) is 4.79 Å². The van der Waals surface area contributed by atoms with Crippen LogP contribution in [-0.2, 0) is 4.74 Å². The van der Waals surface area contributed by atoms with Crippen molar-refractivity contribution in [3.8, 4) is 0 Å². The molecule has 2 unspecified atom stereocenters. The summed E-state index contributed by atoms with van der Waals surface area (Å²) in [6, 6.07) is 0.000248. The van der Waals surface area contributed by atoms with Gasteiger partial charge in [0.15, 0.2) is 0 Å². The summed E-state index contributed by atoms with van der Waals surface area (Å²) in [4.78, 5) is 13.8. The highest BCUT2D eigenvalue weighted by molar-refractivity contribution is 5.67. The third-order valence-corrected chi connectivity index (χ3v) is 3.15. The van der Waals surface area contributed by atoms with Gasteiger partial charge in [-0.1, -0.05) is 0 Å². The summed E-state index contributed by atoms with van der Waals surface area (Å²) >= 11 is 0. The van der Waals surface area contributed by atoms with Crippen LogP contribution in [0, 0.1) is 5.92 Å². The van der Waals surface area contributed by atoms with Gasteiger partial charge in [0.05, 0.1) is 0 Å². The van der Waals surface area contributed by atoms with Crippen molar-refractivity contribution in [1.82, 2.24) is 10.2 Å². The first kappa shape index (κ1) is 15.2. The Hall–Kier alpha value is -0.810. The molecule has 0 aromatic rings. The van der Waals surface area contributed by atoms with Gasteiger partial charge in [-0.2, -0.15) is 0 Å². The van der Waals surface area contributed by atoms with Crippen LogP contribution in [-0.4, -0.2) is 49.3 Å². The van der Waals surface area contributed by atoms with Crippen LogP contribution >= 0.6 is 0 Å². The van der Waals surface area contributed by atoms with Gasteiger partial charge in [0.2, 0.25) is 0 Å². The van der Waals surface area contributed by atoms with Gasteiger partial charge >= 0.3 is 6.09 Å². The van der Waals surface area contributed by atoms with E-state index in [0.717, 1.165) is 19.5 Å². The van der Waals surface area contributed by atoms with E-state index < -0.39 is 5.60 Å². The topological polar surface area (TPSA) is 67.6 Å². The summed E-state index contributed by atoms with van der Waals surface area (Å²) in [6.07, 6.45) is 1.94. The molecule has 1 aliphatic rings. The van der Waals surface area contributed by atoms with E-state index in [-0.39, 0.29) is 12.1 Å². The number of ether oxygens (including phenoxy) is 1. The number of carbonyl (C=O) groups excluding carboxylic acids is 1. The molecule has 1 amide bonds. The van der Waals surface area contributed by atoms with Gasteiger partial charge in [0.1, 0.15) is 5.60 Å². The minimum absolute atomic E-state index is 0.000248. The molecule has 0 radical (unpaired) electrons. The minimum atomic E-state index is -0.459. The molecular weight excluding hydrogens is 230 g/mol. The second-order valence-electron chi connectivity index (χ2n) is 6.21. The van der Waals surface area contributed by atoms with Gasteiger partial charge in [-0.3, -0.25) is 0 Å². The molecule has 3 N–H and O–H groups in total. The predicted octanol–water partition coefficient (Wildman–Crippen LogP) is 1.18. The first-order chi connectivity index (χ1) is 8.28. The average Bonchev–Trinajstić information content (AvgIpc) is 2.23. The number of piperidine rings is 1. The van der Waals surface area contributed by atoms with Crippen LogP contribution in [0.1, 0.15) is 33.6 Å². The highest BCUT2D eigenvalue weighted by Crippen LogP contribution is 2.17. The zero-order valence-corrected chi connectivity index (χ0v) is 12.0. The van der Waals surface area contributed by atoms with Gasteiger partial charge in [-0.05, 0) is 53.1 Å². The third-order valence-electron chi connectivity index (χ3n) is 3.15. The second-order valence-corrected chi connectivity index (χ2v) is 6.21. The number of hydrogen-bond donors (Lipinski definition) is 2. The lowest BCUT2D eigenvalue weighted by atomic mass is 9.91. The number of nitrogens with two attached hydrogens (primary N) is 1. The molecule has 1 aliphatic heterocycles. The molecule has 0 aromatic carbocycles. The molecule has 1 heterocycles. The van der Waals surface area contributed by atoms with Crippen molar-refractivity contribution in [3.63, 3.8) is 0 Å². The number of carbonyl (C=O) groups is 1. The molecule has 0 aromatic heterocycles. The van der Waals surface area contributed by atoms with Crippen molar-refractivity contribution in [1.29, 1.82) is 0 Å². The maximum absolute atomic E-state index is 11.5. The predicted molar refractivity (Wildman–Crippen MR) is 72.4 cm³/mol. The van der Waals surface area contributed by atoms with Crippen LogP contribution in [0.3, 0.4) is 0 Å². The van der Waals surface area contributed by atoms with E-state index in [4.69, 9.17) is 10.5 Å². The van der Waals surface area contributed by atoms with Crippen LogP contribution < -0.4 is 11.1 Å². The Kier molecular flexibility index (Phi) is 5.41. The van der Waals surface area contributed by atoms with Crippen molar-refractivity contribution in [2.24, 2.45) is 11.7 Å². The zero-order valence-electron chi connectivity index (χ0n) is 12.0. The second kappa shape index (κ2) is 6.38. The zero-order chi connectivity index (χ0) is 13.8. The maximum Gasteiger partial charge on any atom is 0.407 e. The number of amides is 1. The Morgan fingerprint density at radius 1 is 1.56 bits per heavy atom. The van der Waals surface area contributed by atoms with Crippen molar-refractivity contribution in [2.75, 3.05) is 26.7 Å². The summed E-state index contributed by atoms with van der Waals surface area (Å²) < 4.78 is 5.18. The largest absolute Gasteiger partial charge is 0.444 e. The lowest BCUT2D eigenvalue weighted by Crippen LogP contribution is -2.48. The Balaban J connectivity index is 2.28. The molecule has 0 bridgehead atoms. The first-order valence-electron chi connectivity index (χ1n) is 6.69. The number of rotatable bonds is 3. The summed E-state index contributed by atoms with van der Waals surface area (Å²) in [7, 11) is 2.11. The van der Waals surface area contributed by atoms with Crippen molar-refractivity contribution < 1.29 is 9.53 Å². The summed E-state index contributed by atoms with van der Waals surface area (Å²) in [6.45, 7) is 8.18. The summed E-state index contributed by atoms with van der Waals surface area (Å²) in [5.74, 6) is 0.457. The van der Waals surface area contributed by atoms with Crippen LogP contribution in [0.15, 0.2) is 0 Å². The van der Waals surface area contributed by atoms with Crippen LogP contribution in [0.25, 0.3) is 0 Å². The molecule has 106 valence electrons. The van der Waals surface area contributed by atoms with Gasteiger partial charge in [-0.15, -0.1) is 0 Å². The molecule has 1 fully saturated rings. The fourth-order valence-electron chi connectivity index (χ4n) is 2.24. The molecule has 0 saturated carbocycles. The lowest BCUT2D eigenvalue weighted by molar-refractivity contribution is 0.0517. The highest BCUT2D eigenvalue weighted by atomic mass is 16.6. The minimum Gasteiger partial charge on any atom is -0.444 e. The van der Waals surface area contributed by atoms with Gasteiger partial charge in [0.25, 0.3) is 0 Å². The van der Waals surface area contributed by atoms with E-state index >= 15 is 0 Å². The number of likely N-dealkylation sites (tertiary alicyclic amines) is 1. The van der Waals surface area contributed by atoms with Crippen molar-refractivity contribution in [3.05, 3.63) is 0 Å². The molecule has 1 rings (SSSR count). The molecule has 2 atom stereocenters. The monoisotopic (exact) mass is 257 g/mol. The van der Waals surface area contributed by atoms with Gasteiger partial charge < -0.3 is 20.7 Å². The molecule has 0 aliphatic carbocycles. The van der Waals surface area contributed by atoms with E-state index in [0.29, 0.717) is 12.5 Å². The average molecular weight is 257 g/mol. The lowest BCUT2D eigenvalue weighted by Gasteiger charge is -2.33. The standard InChI is InChI=1S/C13H27N3O2/c1-13(2,3)18-12(17)15-8-11(14)10-6-5-7-16(4)9-10/h10-11H,5-9,14H2,1-4H3,(H,15,17). The quantitative estimate of drug-likeness (QED) is 0.796. The SMILES string of the molecule is CN1CCCC(C(N)CNC(=O)OC(C)(C)C)C1. The fourth-order valence-corrected chi connectivity index (χ4v) is 2.24. The van der Waals surface area contributed by atoms with E-state index in [1.54, 1.807) is 0 Å². The normalized spacial score (nSPS) is 23.5. The van der Waals surface area contributed by atoms with E-state index in [9.17, 15) is 4.79 Å². The Labute approximate surface area is 110 Å². The first-order valence-corrected chi connectivity index (χ1v) is 6.69. The smallest absolute Gasteiger partial charge is 0.407 e. The van der Waals surface area contributed by atoms with Crippen LogP contribution in [0.5, 0.6) is 0 Å². The summed E-state index contributed by atoms with van der Waals surface area (Å²) in [5.41, 5.74) is 5.67. The van der Waals surface area contributed by atoms with Crippen molar-refractivity contribution >= 4 is 6.09 Å². The number of nitrogens with one attached hydrogen (secondary N) is 1. The third kappa shape index (κ3) is 5.69. The van der Waals surface area contributed by atoms with E-state index in [1.165, 1.54) is 6.42 Å². The Morgan fingerprint density at radius 3 is 2.78 bits per heavy atom. The Morgan fingerprint density at radius 2 is 2.22 bits per heavy atom. The molecule has 5 nitrogen and oxygen atoms in total. The van der Waals surface area contributed by atoms with E-state index in [2.05, 4.69) is 17.3 Å². The van der Waals surface area contributed by atoms with Gasteiger partial charge in [0, 0.05) is 19.1 Å². The number of hydrogen-bond acceptors (Lipinski definition) is 4.